The van der Waals surface area contributed by atoms with E-state index in [0.29, 0.717) is 0 Å². The SMILES string of the molecule is C[C@@H]1CCC[C@H](C)N1C(=O)CC(C)(C)C(=O)O. The van der Waals surface area contributed by atoms with Crippen LogP contribution in [0.3, 0.4) is 0 Å². The number of nitrogens with zero attached hydrogens (tertiary/aromatic N) is 1. The van der Waals surface area contributed by atoms with E-state index in [1.165, 1.54) is 0 Å². The lowest BCUT2D eigenvalue weighted by Crippen LogP contribution is -2.49. The first-order chi connectivity index (χ1) is 7.75. The monoisotopic (exact) mass is 241 g/mol. The van der Waals surface area contributed by atoms with Gasteiger partial charge in [-0.1, -0.05) is 0 Å². The number of hydrogen-bond acceptors (Lipinski definition) is 2. The zero-order valence-corrected chi connectivity index (χ0v) is 11.2. The fourth-order valence-electron chi connectivity index (χ4n) is 2.46. The molecule has 0 radical (unpaired) electrons. The molecule has 0 saturated carbocycles. The van der Waals surface area contributed by atoms with Crippen molar-refractivity contribution in [1.29, 1.82) is 0 Å². The predicted molar refractivity (Wildman–Crippen MR) is 65.7 cm³/mol. The van der Waals surface area contributed by atoms with Crippen LogP contribution in [0.5, 0.6) is 0 Å². The van der Waals surface area contributed by atoms with Crippen molar-refractivity contribution < 1.29 is 14.7 Å². The van der Waals surface area contributed by atoms with Crippen molar-refractivity contribution in [2.75, 3.05) is 0 Å². The Hall–Kier alpha value is -1.06. The van der Waals surface area contributed by atoms with Crippen molar-refractivity contribution in [2.45, 2.75) is 65.5 Å². The van der Waals surface area contributed by atoms with Gasteiger partial charge in [-0.05, 0) is 47.0 Å². The zero-order valence-electron chi connectivity index (χ0n) is 11.2. The number of carbonyl (C=O) groups excluding carboxylic acids is 1. The molecule has 2 atom stereocenters. The number of amides is 1. The standard InChI is InChI=1S/C13H23NO3/c1-9-6-5-7-10(2)14(9)11(15)8-13(3,4)12(16)17/h9-10H,5-8H2,1-4H3,(H,16,17)/t9-,10+. The van der Waals surface area contributed by atoms with Crippen LogP contribution in [0.15, 0.2) is 0 Å². The van der Waals surface area contributed by atoms with Gasteiger partial charge in [0.1, 0.15) is 0 Å². The predicted octanol–water partition coefficient (Wildman–Crippen LogP) is 2.28. The lowest BCUT2D eigenvalue weighted by atomic mass is 9.87. The molecule has 1 aliphatic heterocycles. The second-order valence-electron chi connectivity index (χ2n) is 5.80. The van der Waals surface area contributed by atoms with Gasteiger partial charge in [-0.2, -0.15) is 0 Å². The summed E-state index contributed by atoms with van der Waals surface area (Å²) in [6.45, 7) is 7.29. The van der Waals surface area contributed by atoms with Crippen LogP contribution in [0.4, 0.5) is 0 Å². The number of piperidine rings is 1. The van der Waals surface area contributed by atoms with Crippen LogP contribution < -0.4 is 0 Å². The molecule has 98 valence electrons. The Balaban J connectivity index is 2.72. The van der Waals surface area contributed by atoms with Gasteiger partial charge in [0.05, 0.1) is 5.41 Å². The Morgan fingerprint density at radius 1 is 1.24 bits per heavy atom. The molecular formula is C13H23NO3. The lowest BCUT2D eigenvalue weighted by Gasteiger charge is -2.40. The first-order valence-corrected chi connectivity index (χ1v) is 6.30. The van der Waals surface area contributed by atoms with Crippen LogP contribution in [0.2, 0.25) is 0 Å². The molecule has 0 aliphatic carbocycles. The summed E-state index contributed by atoms with van der Waals surface area (Å²) < 4.78 is 0. The number of hydrogen-bond donors (Lipinski definition) is 1. The number of carboxylic acid groups (broad SMARTS) is 1. The van der Waals surface area contributed by atoms with Crippen LogP contribution >= 0.6 is 0 Å². The molecule has 0 spiro atoms. The molecule has 1 N–H and O–H groups in total. The fraction of sp³-hybridized carbons (Fsp3) is 0.846. The molecule has 0 aromatic rings. The Kier molecular flexibility index (Phi) is 4.17. The molecule has 1 saturated heterocycles. The highest BCUT2D eigenvalue weighted by molar-refractivity contribution is 5.84. The van der Waals surface area contributed by atoms with Crippen LogP contribution in [-0.2, 0) is 9.59 Å². The molecule has 4 nitrogen and oxygen atoms in total. The Bertz CT molecular complexity index is 302. The van der Waals surface area contributed by atoms with Gasteiger partial charge in [0.15, 0.2) is 0 Å². The number of carbonyl (C=O) groups is 2. The van der Waals surface area contributed by atoms with Crippen molar-refractivity contribution in [1.82, 2.24) is 4.90 Å². The average Bonchev–Trinajstić information content (AvgIpc) is 2.15. The third kappa shape index (κ3) is 3.20. The second kappa shape index (κ2) is 5.07. The Morgan fingerprint density at radius 3 is 2.12 bits per heavy atom. The van der Waals surface area contributed by atoms with Crippen LogP contribution in [0.25, 0.3) is 0 Å². The number of aliphatic carboxylic acids is 1. The van der Waals surface area contributed by atoms with Gasteiger partial charge < -0.3 is 10.0 Å². The van der Waals surface area contributed by atoms with E-state index in [4.69, 9.17) is 5.11 Å². The molecule has 17 heavy (non-hydrogen) atoms. The van der Waals surface area contributed by atoms with Gasteiger partial charge in [-0.15, -0.1) is 0 Å². The highest BCUT2D eigenvalue weighted by Gasteiger charge is 2.35. The quantitative estimate of drug-likeness (QED) is 0.824. The van der Waals surface area contributed by atoms with E-state index in [1.807, 2.05) is 18.7 Å². The summed E-state index contributed by atoms with van der Waals surface area (Å²) in [6, 6.07) is 0.465. The van der Waals surface area contributed by atoms with Crippen LogP contribution in [-0.4, -0.2) is 34.0 Å². The highest BCUT2D eigenvalue weighted by atomic mass is 16.4. The summed E-state index contributed by atoms with van der Waals surface area (Å²) in [5, 5.41) is 9.05. The van der Waals surface area contributed by atoms with Gasteiger partial charge in [0, 0.05) is 18.5 Å². The van der Waals surface area contributed by atoms with E-state index in [1.54, 1.807) is 13.8 Å². The Labute approximate surface area is 103 Å². The van der Waals surface area contributed by atoms with Crippen LogP contribution in [0.1, 0.15) is 53.4 Å². The minimum Gasteiger partial charge on any atom is -0.481 e. The summed E-state index contributed by atoms with van der Waals surface area (Å²) >= 11 is 0. The van der Waals surface area contributed by atoms with E-state index >= 15 is 0 Å². The number of likely N-dealkylation sites (tertiary alicyclic amines) is 1. The van der Waals surface area contributed by atoms with E-state index < -0.39 is 11.4 Å². The fourth-order valence-corrected chi connectivity index (χ4v) is 2.46. The molecular weight excluding hydrogens is 218 g/mol. The smallest absolute Gasteiger partial charge is 0.309 e. The minimum atomic E-state index is -0.978. The maximum Gasteiger partial charge on any atom is 0.309 e. The van der Waals surface area contributed by atoms with E-state index in [2.05, 4.69) is 0 Å². The molecule has 0 unspecified atom stereocenters. The lowest BCUT2D eigenvalue weighted by molar-refractivity contribution is -0.153. The van der Waals surface area contributed by atoms with Crippen molar-refractivity contribution in [3.8, 4) is 0 Å². The van der Waals surface area contributed by atoms with Gasteiger partial charge >= 0.3 is 5.97 Å². The molecule has 0 aromatic carbocycles. The number of carboxylic acids is 1. The van der Waals surface area contributed by atoms with Crippen molar-refractivity contribution in [3.05, 3.63) is 0 Å². The first kappa shape index (κ1) is 14.0. The molecule has 1 amide bonds. The zero-order chi connectivity index (χ0) is 13.2. The van der Waals surface area contributed by atoms with E-state index in [9.17, 15) is 9.59 Å². The van der Waals surface area contributed by atoms with E-state index in [-0.39, 0.29) is 24.4 Å². The highest BCUT2D eigenvalue weighted by Crippen LogP contribution is 2.27. The third-order valence-electron chi connectivity index (χ3n) is 3.65. The molecule has 1 aliphatic rings. The topological polar surface area (TPSA) is 57.6 Å². The summed E-state index contributed by atoms with van der Waals surface area (Å²) in [6.07, 6.45) is 3.26. The van der Waals surface area contributed by atoms with Gasteiger partial charge in [-0.3, -0.25) is 9.59 Å². The summed E-state index contributed by atoms with van der Waals surface area (Å²) in [5.41, 5.74) is -0.978. The van der Waals surface area contributed by atoms with Crippen molar-refractivity contribution in [3.63, 3.8) is 0 Å². The van der Waals surface area contributed by atoms with Crippen molar-refractivity contribution in [2.24, 2.45) is 5.41 Å². The number of rotatable bonds is 3. The van der Waals surface area contributed by atoms with Gasteiger partial charge in [0.2, 0.25) is 5.91 Å². The Morgan fingerprint density at radius 2 is 1.71 bits per heavy atom. The summed E-state index contributed by atoms with van der Waals surface area (Å²) in [7, 11) is 0. The third-order valence-corrected chi connectivity index (χ3v) is 3.65. The van der Waals surface area contributed by atoms with E-state index in [0.717, 1.165) is 19.3 Å². The summed E-state index contributed by atoms with van der Waals surface area (Å²) in [4.78, 5) is 25.1. The molecule has 1 fully saturated rings. The molecule has 4 heteroatoms. The average molecular weight is 241 g/mol. The second-order valence-corrected chi connectivity index (χ2v) is 5.80. The minimum absolute atomic E-state index is 0.0305. The van der Waals surface area contributed by atoms with Crippen molar-refractivity contribution >= 4 is 11.9 Å². The molecule has 0 bridgehead atoms. The first-order valence-electron chi connectivity index (χ1n) is 6.30. The van der Waals surface area contributed by atoms with Gasteiger partial charge in [0.25, 0.3) is 0 Å². The maximum atomic E-state index is 12.2. The normalized spacial score (nSPS) is 25.8. The molecule has 0 aromatic heterocycles. The largest absolute Gasteiger partial charge is 0.481 e. The van der Waals surface area contributed by atoms with Crippen LogP contribution in [0, 0.1) is 5.41 Å². The summed E-state index contributed by atoms with van der Waals surface area (Å²) in [5.74, 6) is -0.944. The molecule has 1 heterocycles. The maximum absolute atomic E-state index is 12.2. The van der Waals surface area contributed by atoms with Gasteiger partial charge in [-0.25, -0.2) is 0 Å². The molecule has 1 rings (SSSR count).